The van der Waals surface area contributed by atoms with E-state index < -0.39 is 22.0 Å². The SMILES string of the molecule is CC[C@H](C)[C@H](N=C1NS(=O)(=O)c2ccccc21)C(=O)NOCc1ccccc1. The normalized spacial score (nSPS) is 18.1. The summed E-state index contributed by atoms with van der Waals surface area (Å²) in [6.07, 6.45) is 0.696. The average molecular weight is 401 g/mol. The largest absolute Gasteiger partial charge is 0.270 e. The smallest absolute Gasteiger partial charge is 0.268 e. The highest BCUT2D eigenvalue weighted by atomic mass is 32.2. The number of carbonyl (C=O) groups is 1. The zero-order valence-electron chi connectivity index (χ0n) is 15.8. The van der Waals surface area contributed by atoms with Gasteiger partial charge in [0.25, 0.3) is 15.9 Å². The monoisotopic (exact) mass is 401 g/mol. The van der Waals surface area contributed by atoms with Gasteiger partial charge in [-0.3, -0.25) is 19.3 Å². The molecule has 0 bridgehead atoms. The molecule has 2 atom stereocenters. The van der Waals surface area contributed by atoms with Gasteiger partial charge in [-0.25, -0.2) is 13.9 Å². The highest BCUT2D eigenvalue weighted by Gasteiger charge is 2.33. The summed E-state index contributed by atoms with van der Waals surface area (Å²) < 4.78 is 27.0. The second-order valence-corrected chi connectivity index (χ2v) is 8.30. The molecule has 0 saturated heterocycles. The van der Waals surface area contributed by atoms with Gasteiger partial charge < -0.3 is 0 Å². The van der Waals surface area contributed by atoms with Crippen LogP contribution in [-0.4, -0.2) is 26.2 Å². The number of hydrogen-bond donors (Lipinski definition) is 2. The number of carbonyl (C=O) groups excluding carboxylic acids is 1. The van der Waals surface area contributed by atoms with Crippen LogP contribution in [0.3, 0.4) is 0 Å². The number of nitrogens with zero attached hydrogens (tertiary/aromatic N) is 1. The van der Waals surface area contributed by atoms with Crippen molar-refractivity contribution in [1.82, 2.24) is 10.2 Å². The van der Waals surface area contributed by atoms with Gasteiger partial charge in [0.1, 0.15) is 11.9 Å². The number of fused-ring (bicyclic) bond motifs is 1. The molecular formula is C20H23N3O4S. The van der Waals surface area contributed by atoms with E-state index in [0.29, 0.717) is 12.0 Å². The summed E-state index contributed by atoms with van der Waals surface area (Å²) in [6, 6.07) is 15.2. The second kappa shape index (κ2) is 8.53. The molecule has 1 amide bonds. The molecule has 8 heteroatoms. The summed E-state index contributed by atoms with van der Waals surface area (Å²) in [5.41, 5.74) is 3.83. The van der Waals surface area contributed by atoms with Crippen LogP contribution in [0.4, 0.5) is 0 Å². The van der Waals surface area contributed by atoms with Crippen LogP contribution in [0, 0.1) is 5.92 Å². The Bertz CT molecular complexity index is 974. The Kier molecular flexibility index (Phi) is 6.11. The van der Waals surface area contributed by atoms with Gasteiger partial charge in [-0.05, 0) is 23.6 Å². The zero-order valence-corrected chi connectivity index (χ0v) is 16.6. The fourth-order valence-corrected chi connectivity index (χ4v) is 4.10. The first-order valence-corrected chi connectivity index (χ1v) is 10.6. The first kappa shape index (κ1) is 20.0. The topological polar surface area (TPSA) is 96.9 Å². The minimum Gasteiger partial charge on any atom is -0.270 e. The lowest BCUT2D eigenvalue weighted by molar-refractivity contribution is -0.137. The molecule has 7 nitrogen and oxygen atoms in total. The lowest BCUT2D eigenvalue weighted by atomic mass is 9.99. The van der Waals surface area contributed by atoms with Gasteiger partial charge in [0.2, 0.25) is 0 Å². The molecule has 28 heavy (non-hydrogen) atoms. The molecule has 1 heterocycles. The number of benzene rings is 2. The van der Waals surface area contributed by atoms with Gasteiger partial charge in [0.05, 0.1) is 11.5 Å². The number of hydrogen-bond acceptors (Lipinski definition) is 5. The van der Waals surface area contributed by atoms with Crippen LogP contribution in [-0.2, 0) is 26.3 Å². The minimum atomic E-state index is -3.66. The van der Waals surface area contributed by atoms with Crippen molar-refractivity contribution < 1.29 is 18.0 Å². The van der Waals surface area contributed by atoms with Gasteiger partial charge in [-0.1, -0.05) is 62.7 Å². The van der Waals surface area contributed by atoms with Crippen LogP contribution < -0.4 is 10.2 Å². The molecule has 0 fully saturated rings. The van der Waals surface area contributed by atoms with Crippen molar-refractivity contribution in [3.63, 3.8) is 0 Å². The fourth-order valence-electron chi connectivity index (χ4n) is 2.86. The molecule has 0 saturated carbocycles. The van der Waals surface area contributed by atoms with Crippen LogP contribution in [0.2, 0.25) is 0 Å². The minimum absolute atomic E-state index is 0.106. The van der Waals surface area contributed by atoms with E-state index in [-0.39, 0.29) is 23.3 Å². The van der Waals surface area contributed by atoms with Gasteiger partial charge in [0, 0.05) is 5.56 Å². The number of nitrogens with one attached hydrogen (secondary N) is 2. The number of rotatable bonds is 7. The first-order valence-electron chi connectivity index (χ1n) is 9.08. The van der Waals surface area contributed by atoms with Crippen LogP contribution in [0.5, 0.6) is 0 Å². The molecule has 0 radical (unpaired) electrons. The van der Waals surface area contributed by atoms with Gasteiger partial charge in [0.15, 0.2) is 0 Å². The number of amidine groups is 1. The molecule has 1 aliphatic rings. The van der Waals surface area contributed by atoms with E-state index in [1.165, 1.54) is 6.07 Å². The van der Waals surface area contributed by atoms with Crippen molar-refractivity contribution in [2.45, 2.75) is 37.8 Å². The lowest BCUT2D eigenvalue weighted by Crippen LogP contribution is -2.39. The summed E-state index contributed by atoms with van der Waals surface area (Å²) in [5.74, 6) is -0.342. The summed E-state index contributed by atoms with van der Waals surface area (Å²) in [6.45, 7) is 4.06. The highest BCUT2D eigenvalue weighted by molar-refractivity contribution is 7.90. The quantitative estimate of drug-likeness (QED) is 0.696. The van der Waals surface area contributed by atoms with E-state index in [4.69, 9.17) is 4.84 Å². The van der Waals surface area contributed by atoms with Gasteiger partial charge in [-0.2, -0.15) is 0 Å². The molecular weight excluding hydrogens is 378 g/mol. The van der Waals surface area contributed by atoms with E-state index in [2.05, 4.69) is 15.2 Å². The highest BCUT2D eigenvalue weighted by Crippen LogP contribution is 2.24. The van der Waals surface area contributed by atoms with Crippen molar-refractivity contribution in [3.05, 3.63) is 65.7 Å². The van der Waals surface area contributed by atoms with Gasteiger partial charge in [-0.15, -0.1) is 0 Å². The van der Waals surface area contributed by atoms with Crippen LogP contribution in [0.15, 0.2) is 64.5 Å². The Morgan fingerprint density at radius 1 is 1.14 bits per heavy atom. The maximum Gasteiger partial charge on any atom is 0.268 e. The van der Waals surface area contributed by atoms with E-state index in [0.717, 1.165) is 5.56 Å². The third-order valence-corrected chi connectivity index (χ3v) is 6.03. The summed E-state index contributed by atoms with van der Waals surface area (Å²) in [5, 5.41) is 0. The van der Waals surface area contributed by atoms with Gasteiger partial charge >= 0.3 is 0 Å². The summed E-state index contributed by atoms with van der Waals surface area (Å²) >= 11 is 0. The molecule has 2 aromatic carbocycles. The number of aliphatic imine (C=N–C) groups is 1. The Balaban J connectivity index is 1.77. The zero-order chi connectivity index (χ0) is 20.1. The molecule has 0 spiro atoms. The Morgan fingerprint density at radius 2 is 1.82 bits per heavy atom. The van der Waals surface area contributed by atoms with Crippen molar-refractivity contribution in [2.24, 2.45) is 10.9 Å². The maximum atomic E-state index is 12.7. The van der Waals surface area contributed by atoms with Crippen LogP contribution in [0.25, 0.3) is 0 Å². The van der Waals surface area contributed by atoms with E-state index in [1.807, 2.05) is 44.2 Å². The summed E-state index contributed by atoms with van der Waals surface area (Å²) in [7, 11) is -3.66. The van der Waals surface area contributed by atoms with Crippen LogP contribution in [0.1, 0.15) is 31.4 Å². The van der Waals surface area contributed by atoms with Crippen molar-refractivity contribution in [3.8, 4) is 0 Å². The fraction of sp³-hybridized carbons (Fsp3) is 0.300. The molecule has 148 valence electrons. The molecule has 0 aliphatic carbocycles. The van der Waals surface area contributed by atoms with E-state index >= 15 is 0 Å². The molecule has 2 N–H and O–H groups in total. The Morgan fingerprint density at radius 3 is 2.54 bits per heavy atom. The lowest BCUT2D eigenvalue weighted by Gasteiger charge is -2.19. The van der Waals surface area contributed by atoms with E-state index in [1.54, 1.807) is 18.2 Å². The first-order chi connectivity index (χ1) is 13.4. The Hall–Kier alpha value is -2.71. The molecule has 3 rings (SSSR count). The average Bonchev–Trinajstić information content (AvgIpc) is 2.96. The van der Waals surface area contributed by atoms with Crippen molar-refractivity contribution in [1.29, 1.82) is 0 Å². The maximum absolute atomic E-state index is 12.7. The van der Waals surface area contributed by atoms with Crippen LogP contribution >= 0.6 is 0 Å². The number of sulfonamides is 1. The van der Waals surface area contributed by atoms with Crippen molar-refractivity contribution >= 4 is 21.8 Å². The third kappa shape index (κ3) is 4.40. The molecule has 2 aromatic rings. The number of amides is 1. The molecule has 0 unspecified atom stereocenters. The Labute approximate surface area is 164 Å². The summed E-state index contributed by atoms with van der Waals surface area (Å²) in [4.78, 5) is 22.6. The van der Waals surface area contributed by atoms with Crippen molar-refractivity contribution in [2.75, 3.05) is 0 Å². The third-order valence-electron chi connectivity index (χ3n) is 4.64. The number of hydroxylamine groups is 1. The second-order valence-electron chi connectivity index (χ2n) is 6.65. The van der Waals surface area contributed by atoms with E-state index in [9.17, 15) is 13.2 Å². The predicted octanol–water partition coefficient (Wildman–Crippen LogP) is 2.39. The predicted molar refractivity (Wildman–Crippen MR) is 106 cm³/mol. The molecule has 0 aromatic heterocycles. The molecule has 1 aliphatic heterocycles. The standard InChI is InChI=1S/C20H23N3O4S/c1-3-14(2)18(20(24)22-27-13-15-9-5-4-6-10-15)21-19-16-11-7-8-12-17(16)28(25,26)23-19/h4-12,14,18H,3,13H2,1-2H3,(H,21,23)(H,22,24)/t14-,18-/m0/s1.